The molecule has 13 rings (SSSR count). The van der Waals surface area contributed by atoms with Gasteiger partial charge in [-0.05, 0) is 134 Å². The summed E-state index contributed by atoms with van der Waals surface area (Å²) in [5.41, 5.74) is 18.4. The maximum absolute atomic E-state index is 6.72. The van der Waals surface area contributed by atoms with Gasteiger partial charge in [0.05, 0.1) is 5.69 Å². The molecule has 3 nitrogen and oxygen atoms in total. The van der Waals surface area contributed by atoms with Crippen LogP contribution in [-0.4, -0.2) is 7.28 Å². The Morgan fingerprint density at radius 2 is 1.29 bits per heavy atom. The number of nitrogens with one attached hydrogen (secondary N) is 1. The Morgan fingerprint density at radius 3 is 2.10 bits per heavy atom. The highest BCUT2D eigenvalue weighted by atomic mass is 32.1. The lowest BCUT2D eigenvalue weighted by Crippen LogP contribution is -2.42. The average Bonchev–Trinajstić information content (AvgIpc) is 3.65. The molecule has 0 saturated heterocycles. The van der Waals surface area contributed by atoms with E-state index in [-0.39, 0.29) is 16.7 Å². The van der Waals surface area contributed by atoms with E-state index < -0.39 is 0 Å². The molecule has 0 saturated carbocycles. The number of ether oxygens (including phenoxy) is 2. The second kappa shape index (κ2) is 12.9. The van der Waals surface area contributed by atoms with E-state index in [4.69, 9.17) is 9.47 Å². The number of fused-ring (bicyclic) bond motifs is 13. The number of aryl methyl sites for hydroxylation is 1. The fourth-order valence-electron chi connectivity index (χ4n) is 11.4. The van der Waals surface area contributed by atoms with Gasteiger partial charge in [0, 0.05) is 43.4 Å². The van der Waals surface area contributed by atoms with Crippen molar-refractivity contribution in [1.82, 2.24) is 0 Å². The van der Waals surface area contributed by atoms with E-state index in [0.29, 0.717) is 5.75 Å². The fourth-order valence-corrected chi connectivity index (χ4v) is 12.7. The van der Waals surface area contributed by atoms with Gasteiger partial charge in [-0.3, -0.25) is 0 Å². The summed E-state index contributed by atoms with van der Waals surface area (Å²) >= 11 is 1.95. The van der Waals surface area contributed by atoms with E-state index in [1.807, 2.05) is 35.6 Å². The summed E-state index contributed by atoms with van der Waals surface area (Å²) in [4.78, 5) is 0. The largest absolute Gasteiger partial charge is 0.449 e. The molecule has 0 amide bonds. The van der Waals surface area contributed by atoms with Crippen LogP contribution in [0.5, 0.6) is 23.0 Å². The van der Waals surface area contributed by atoms with E-state index in [1.165, 1.54) is 98.4 Å². The Morgan fingerprint density at radius 1 is 0.581 bits per heavy atom. The van der Waals surface area contributed by atoms with E-state index in [2.05, 4.69) is 156 Å². The van der Waals surface area contributed by atoms with Gasteiger partial charge in [-0.25, -0.2) is 0 Å². The van der Waals surface area contributed by atoms with Crippen LogP contribution in [0.15, 0.2) is 133 Å². The summed E-state index contributed by atoms with van der Waals surface area (Å²) in [6, 6.07) is 49.2. The Labute approximate surface area is 367 Å². The van der Waals surface area contributed by atoms with Crippen LogP contribution in [0.1, 0.15) is 79.8 Å². The molecule has 2 aliphatic heterocycles. The van der Waals surface area contributed by atoms with Gasteiger partial charge in [0.25, 0.3) is 0 Å². The van der Waals surface area contributed by atoms with Crippen molar-refractivity contribution in [2.75, 3.05) is 5.32 Å². The zero-order valence-corrected chi connectivity index (χ0v) is 36.5. The SMILES string of the molecule is Cc1cc2c(cc1Nc1cc3c(cc1-c1cc4c(sc5ccccc54)c4c1[B]c1cccc5c1C4Cc1c-5ccc4ccccc14)Oc1ccccc1O3)C(C)(C)CCC2(C)C. The first kappa shape index (κ1) is 36.4. The highest BCUT2D eigenvalue weighted by Gasteiger charge is 2.39. The molecule has 0 fully saturated rings. The molecule has 5 heteroatoms. The van der Waals surface area contributed by atoms with Gasteiger partial charge >= 0.3 is 0 Å². The lowest BCUT2D eigenvalue weighted by molar-refractivity contribution is 0.332. The van der Waals surface area contributed by atoms with E-state index in [1.54, 1.807) is 0 Å². The molecule has 0 spiro atoms. The maximum atomic E-state index is 6.72. The Bertz CT molecular complexity index is 3430. The van der Waals surface area contributed by atoms with Gasteiger partial charge in [-0.1, -0.05) is 130 Å². The molecular formula is C57H45BNO2S. The molecule has 9 aromatic rings. The number of benzene rings is 8. The van der Waals surface area contributed by atoms with Gasteiger partial charge in [0.2, 0.25) is 0 Å². The number of anilines is 2. The Kier molecular flexibility index (Phi) is 7.55. The topological polar surface area (TPSA) is 30.5 Å². The molecule has 62 heavy (non-hydrogen) atoms. The Balaban J connectivity index is 1.08. The monoisotopic (exact) mass is 818 g/mol. The first-order chi connectivity index (χ1) is 30.1. The summed E-state index contributed by atoms with van der Waals surface area (Å²) in [5, 5.41) is 9.32. The van der Waals surface area contributed by atoms with E-state index >= 15 is 0 Å². The van der Waals surface area contributed by atoms with Gasteiger partial charge < -0.3 is 14.8 Å². The number of hydrogen-bond donors (Lipinski definition) is 1. The van der Waals surface area contributed by atoms with Crippen molar-refractivity contribution in [1.29, 1.82) is 0 Å². The van der Waals surface area contributed by atoms with Crippen molar-refractivity contribution in [3.8, 4) is 45.3 Å². The predicted octanol–water partition coefficient (Wildman–Crippen LogP) is 14.5. The van der Waals surface area contributed by atoms with Crippen LogP contribution >= 0.6 is 11.3 Å². The molecule has 1 unspecified atom stereocenters. The number of para-hydroxylation sites is 2. The van der Waals surface area contributed by atoms with Crippen molar-refractivity contribution >= 4 is 71.9 Å². The molecule has 1 atom stereocenters. The zero-order valence-electron chi connectivity index (χ0n) is 35.7. The van der Waals surface area contributed by atoms with Gasteiger partial charge in [0.15, 0.2) is 30.3 Å². The fraction of sp³-hybridized carbons (Fsp3) is 0.193. The molecule has 1 N–H and O–H groups in total. The van der Waals surface area contributed by atoms with E-state index in [9.17, 15) is 0 Å². The maximum Gasteiger partial charge on any atom is 0.193 e. The molecule has 0 bridgehead atoms. The molecule has 3 heterocycles. The number of thiophene rings is 1. The third kappa shape index (κ3) is 5.24. The smallest absolute Gasteiger partial charge is 0.193 e. The highest BCUT2D eigenvalue weighted by Crippen LogP contribution is 2.54. The summed E-state index contributed by atoms with van der Waals surface area (Å²) in [6.07, 6.45) is 3.28. The van der Waals surface area contributed by atoms with Crippen LogP contribution in [-0.2, 0) is 17.3 Å². The summed E-state index contributed by atoms with van der Waals surface area (Å²) in [6.45, 7) is 11.9. The number of hydrogen-bond acceptors (Lipinski definition) is 4. The van der Waals surface area contributed by atoms with Crippen molar-refractivity contribution in [3.63, 3.8) is 0 Å². The predicted molar refractivity (Wildman–Crippen MR) is 261 cm³/mol. The second-order valence-electron chi connectivity index (χ2n) is 19.3. The quantitative estimate of drug-likeness (QED) is 0.180. The van der Waals surface area contributed by atoms with Gasteiger partial charge in [0.1, 0.15) is 0 Å². The average molecular weight is 819 g/mol. The van der Waals surface area contributed by atoms with Crippen LogP contribution in [0, 0.1) is 6.92 Å². The standard InChI is InChI=1S/C57H45BNO2S/c1-31-25-42-43(57(4,5)24-23-56(42,2)3)29-45(31)59-46-30-50-49(60-47-18-9-10-19-48(47)61-50)28-38(46)39-27-40-35-15-8-11-20-51(35)62-55(40)53-41-26-37-33-14-7-6-13-32(33)21-22-34(37)36-16-12-17-44(52(36)41)58-54(39)53/h6-22,25,27-30,41,59H,23-24,26H2,1-5H3. The second-order valence-corrected chi connectivity index (χ2v) is 20.4. The molecule has 2 aliphatic carbocycles. The van der Waals surface area contributed by atoms with Crippen molar-refractivity contribution in [2.45, 2.75) is 70.6 Å². The van der Waals surface area contributed by atoms with Gasteiger partial charge in [-0.15, -0.1) is 11.3 Å². The van der Waals surface area contributed by atoms with E-state index in [0.717, 1.165) is 47.0 Å². The third-order valence-corrected chi connectivity index (χ3v) is 16.0. The van der Waals surface area contributed by atoms with Crippen LogP contribution in [0.2, 0.25) is 0 Å². The summed E-state index contributed by atoms with van der Waals surface area (Å²) < 4.78 is 16.1. The first-order valence-electron chi connectivity index (χ1n) is 22.1. The number of rotatable bonds is 3. The minimum absolute atomic E-state index is 0.0730. The van der Waals surface area contributed by atoms with Crippen LogP contribution < -0.4 is 25.7 Å². The lowest BCUT2D eigenvalue weighted by Gasteiger charge is -2.42. The summed E-state index contributed by atoms with van der Waals surface area (Å²) in [5.74, 6) is 3.06. The Hall–Kier alpha value is -6.30. The lowest BCUT2D eigenvalue weighted by atomic mass is 9.50. The van der Waals surface area contributed by atoms with Crippen molar-refractivity contribution in [2.24, 2.45) is 0 Å². The molecule has 4 aliphatic rings. The van der Waals surface area contributed by atoms with Crippen molar-refractivity contribution < 1.29 is 9.47 Å². The third-order valence-electron chi connectivity index (χ3n) is 14.8. The minimum Gasteiger partial charge on any atom is -0.449 e. The molecule has 8 aromatic carbocycles. The van der Waals surface area contributed by atoms with Crippen molar-refractivity contribution in [3.05, 3.63) is 167 Å². The summed E-state index contributed by atoms with van der Waals surface area (Å²) in [7, 11) is 2.49. The zero-order chi connectivity index (χ0) is 41.6. The van der Waals surface area contributed by atoms with Crippen LogP contribution in [0.25, 0.3) is 53.2 Å². The molecule has 1 aromatic heterocycles. The van der Waals surface area contributed by atoms with Crippen LogP contribution in [0.4, 0.5) is 11.4 Å². The normalized spacial score (nSPS) is 17.1. The molecule has 299 valence electrons. The minimum atomic E-state index is 0.0730. The molecular weight excluding hydrogens is 774 g/mol. The molecule has 1 radical (unpaired) electrons. The van der Waals surface area contributed by atoms with Crippen LogP contribution in [0.3, 0.4) is 0 Å². The van der Waals surface area contributed by atoms with Gasteiger partial charge in [-0.2, -0.15) is 0 Å². The highest BCUT2D eigenvalue weighted by molar-refractivity contribution is 7.26. The first-order valence-corrected chi connectivity index (χ1v) is 22.9.